The van der Waals surface area contributed by atoms with Crippen LogP contribution in [-0.4, -0.2) is 53.1 Å². The molecule has 1 amide bonds. The number of benzene rings is 2. The van der Waals surface area contributed by atoms with Crippen LogP contribution in [0.5, 0.6) is 0 Å². The zero-order valence-corrected chi connectivity index (χ0v) is 17.0. The highest BCUT2D eigenvalue weighted by Gasteiger charge is 2.30. The summed E-state index contributed by atoms with van der Waals surface area (Å²) < 4.78 is 40.3. The fraction of sp³-hybridized carbons (Fsp3) is 0.364. The summed E-state index contributed by atoms with van der Waals surface area (Å²) in [5.74, 6) is -0.0983. The summed E-state index contributed by atoms with van der Waals surface area (Å²) in [4.78, 5) is 19.6. The predicted molar refractivity (Wildman–Crippen MR) is 113 cm³/mol. The molecule has 0 radical (unpaired) electrons. The lowest BCUT2D eigenvalue weighted by Crippen LogP contribution is -2.43. The third-order valence-electron chi connectivity index (χ3n) is 5.42. The van der Waals surface area contributed by atoms with Crippen LogP contribution in [0, 0.1) is 0 Å². The van der Waals surface area contributed by atoms with E-state index in [9.17, 15) is 18.0 Å². The van der Waals surface area contributed by atoms with Crippen LogP contribution in [0.1, 0.15) is 22.3 Å². The van der Waals surface area contributed by atoms with E-state index in [0.29, 0.717) is 12.5 Å². The molecule has 1 saturated heterocycles. The lowest BCUT2D eigenvalue weighted by atomic mass is 10.1. The van der Waals surface area contributed by atoms with E-state index in [1.807, 2.05) is 28.8 Å². The third kappa shape index (κ3) is 5.05. The monoisotopic (exact) mass is 431 g/mol. The molecule has 0 saturated carbocycles. The number of fused-ring (bicyclic) bond motifs is 1. The van der Waals surface area contributed by atoms with Crippen LogP contribution >= 0.6 is 0 Å². The van der Waals surface area contributed by atoms with Crippen molar-refractivity contribution in [1.82, 2.24) is 19.8 Å². The van der Waals surface area contributed by atoms with Gasteiger partial charge in [0, 0.05) is 38.3 Å². The van der Waals surface area contributed by atoms with Gasteiger partial charge in [-0.3, -0.25) is 10.1 Å². The number of piperazine rings is 1. The fourth-order valence-electron chi connectivity index (χ4n) is 3.77. The number of para-hydroxylation sites is 2. The van der Waals surface area contributed by atoms with Crippen molar-refractivity contribution in [2.24, 2.45) is 0 Å². The number of anilines is 1. The minimum atomic E-state index is -4.44. The Hall–Kier alpha value is -2.91. The van der Waals surface area contributed by atoms with Gasteiger partial charge in [-0.1, -0.05) is 12.1 Å². The van der Waals surface area contributed by atoms with Gasteiger partial charge in [0.15, 0.2) is 0 Å². The second-order valence-electron chi connectivity index (χ2n) is 7.55. The zero-order chi connectivity index (χ0) is 21.8. The molecule has 0 bridgehead atoms. The van der Waals surface area contributed by atoms with Gasteiger partial charge in [-0.15, -0.1) is 0 Å². The highest BCUT2D eigenvalue weighted by molar-refractivity contribution is 6.04. The van der Waals surface area contributed by atoms with E-state index in [1.165, 1.54) is 12.1 Å². The van der Waals surface area contributed by atoms with Gasteiger partial charge in [0.05, 0.1) is 16.6 Å². The van der Waals surface area contributed by atoms with Crippen LogP contribution in [0.25, 0.3) is 11.0 Å². The van der Waals surface area contributed by atoms with Crippen LogP contribution in [0.4, 0.5) is 19.1 Å². The molecule has 2 aromatic carbocycles. The molecular weight excluding hydrogens is 407 g/mol. The number of nitrogens with one attached hydrogen (secondary N) is 2. The average molecular weight is 431 g/mol. The maximum Gasteiger partial charge on any atom is 0.416 e. The van der Waals surface area contributed by atoms with Crippen molar-refractivity contribution in [2.75, 3.05) is 38.0 Å². The Bertz CT molecular complexity index is 1040. The van der Waals surface area contributed by atoms with Gasteiger partial charge in [-0.25, -0.2) is 4.98 Å². The number of carbonyl (C=O) groups is 1. The number of rotatable bonds is 6. The van der Waals surface area contributed by atoms with Crippen LogP contribution in [0.3, 0.4) is 0 Å². The smallest absolute Gasteiger partial charge is 0.314 e. The van der Waals surface area contributed by atoms with Crippen LogP contribution in [-0.2, 0) is 12.7 Å². The topological polar surface area (TPSA) is 62.2 Å². The predicted octanol–water partition coefficient (Wildman–Crippen LogP) is 3.60. The molecule has 0 atom stereocenters. The van der Waals surface area contributed by atoms with Crippen molar-refractivity contribution in [3.05, 3.63) is 59.7 Å². The van der Waals surface area contributed by atoms with E-state index < -0.39 is 17.6 Å². The molecule has 1 aromatic heterocycles. The summed E-state index contributed by atoms with van der Waals surface area (Å²) in [5.41, 5.74) is 1.02. The first-order valence-electron chi connectivity index (χ1n) is 10.3. The number of hydrogen-bond acceptors (Lipinski definition) is 4. The van der Waals surface area contributed by atoms with E-state index in [1.54, 1.807) is 0 Å². The normalized spacial score (nSPS) is 15.3. The van der Waals surface area contributed by atoms with Crippen LogP contribution < -0.4 is 10.6 Å². The van der Waals surface area contributed by atoms with E-state index in [2.05, 4.69) is 20.5 Å². The van der Waals surface area contributed by atoms with Crippen molar-refractivity contribution >= 4 is 22.9 Å². The fourth-order valence-corrected chi connectivity index (χ4v) is 3.77. The Morgan fingerprint density at radius 2 is 1.74 bits per heavy atom. The summed E-state index contributed by atoms with van der Waals surface area (Å²) in [6.45, 7) is 5.63. The lowest BCUT2D eigenvalue weighted by Gasteiger charge is -2.27. The SMILES string of the molecule is O=C(Nc1nc2ccccc2n1CCCN1CCNCC1)c1ccc(C(F)(F)F)cc1. The molecule has 164 valence electrons. The second kappa shape index (κ2) is 9.07. The van der Waals surface area contributed by atoms with Crippen LogP contribution in [0.15, 0.2) is 48.5 Å². The number of hydrogen-bond donors (Lipinski definition) is 2. The first-order chi connectivity index (χ1) is 14.9. The number of amides is 1. The highest BCUT2D eigenvalue weighted by atomic mass is 19.4. The molecule has 1 fully saturated rings. The van der Waals surface area contributed by atoms with Gasteiger partial charge in [0.1, 0.15) is 0 Å². The van der Waals surface area contributed by atoms with Crippen molar-refractivity contribution in [2.45, 2.75) is 19.1 Å². The van der Waals surface area contributed by atoms with E-state index in [-0.39, 0.29) is 5.56 Å². The maximum absolute atomic E-state index is 12.8. The standard InChI is InChI=1S/C22H24F3N5O/c23-22(24,25)17-8-6-16(7-9-17)20(31)28-21-27-18-4-1-2-5-19(18)30(21)13-3-12-29-14-10-26-11-15-29/h1-2,4-9,26H,3,10-15H2,(H,27,28,31). The molecule has 0 aliphatic carbocycles. The molecule has 2 N–H and O–H groups in total. The Morgan fingerprint density at radius 3 is 2.45 bits per heavy atom. The van der Waals surface area contributed by atoms with E-state index in [4.69, 9.17) is 0 Å². The molecule has 3 aromatic rings. The largest absolute Gasteiger partial charge is 0.416 e. The van der Waals surface area contributed by atoms with Crippen molar-refractivity contribution in [3.63, 3.8) is 0 Å². The number of nitrogens with zero attached hydrogens (tertiary/aromatic N) is 3. The average Bonchev–Trinajstić information content (AvgIpc) is 3.11. The molecular formula is C22H24F3N5O. The van der Waals surface area contributed by atoms with Gasteiger partial charge in [0.25, 0.3) is 5.91 Å². The highest BCUT2D eigenvalue weighted by Crippen LogP contribution is 2.29. The first kappa shape index (κ1) is 21.3. The Labute approximate surface area is 178 Å². The van der Waals surface area contributed by atoms with Gasteiger partial charge in [-0.2, -0.15) is 13.2 Å². The van der Waals surface area contributed by atoms with E-state index >= 15 is 0 Å². The van der Waals surface area contributed by atoms with Crippen molar-refractivity contribution in [3.8, 4) is 0 Å². The summed E-state index contributed by atoms with van der Waals surface area (Å²) in [6, 6.07) is 11.8. The number of alkyl halides is 3. The van der Waals surface area contributed by atoms with Gasteiger partial charge in [0.2, 0.25) is 5.95 Å². The molecule has 9 heteroatoms. The number of carbonyl (C=O) groups excluding carboxylic acids is 1. The number of imidazole rings is 1. The molecule has 6 nitrogen and oxygen atoms in total. The number of halogens is 3. The minimum Gasteiger partial charge on any atom is -0.314 e. The Balaban J connectivity index is 1.49. The number of aromatic nitrogens is 2. The third-order valence-corrected chi connectivity index (χ3v) is 5.42. The Kier molecular flexibility index (Phi) is 6.24. The summed E-state index contributed by atoms with van der Waals surface area (Å²) >= 11 is 0. The minimum absolute atomic E-state index is 0.146. The first-order valence-corrected chi connectivity index (χ1v) is 10.3. The molecule has 1 aliphatic rings. The molecule has 1 aliphatic heterocycles. The second-order valence-corrected chi connectivity index (χ2v) is 7.55. The molecule has 0 unspecified atom stereocenters. The summed E-state index contributed by atoms with van der Waals surface area (Å²) in [7, 11) is 0. The van der Waals surface area contributed by atoms with Crippen molar-refractivity contribution in [1.29, 1.82) is 0 Å². The maximum atomic E-state index is 12.8. The lowest BCUT2D eigenvalue weighted by molar-refractivity contribution is -0.137. The number of aryl methyl sites for hydroxylation is 1. The zero-order valence-electron chi connectivity index (χ0n) is 17.0. The molecule has 2 heterocycles. The van der Waals surface area contributed by atoms with E-state index in [0.717, 1.165) is 62.3 Å². The Morgan fingerprint density at radius 1 is 1.03 bits per heavy atom. The van der Waals surface area contributed by atoms with Gasteiger partial charge < -0.3 is 14.8 Å². The molecule has 31 heavy (non-hydrogen) atoms. The quantitative estimate of drug-likeness (QED) is 0.626. The van der Waals surface area contributed by atoms with Crippen LogP contribution in [0.2, 0.25) is 0 Å². The van der Waals surface area contributed by atoms with Gasteiger partial charge >= 0.3 is 6.18 Å². The summed E-state index contributed by atoms with van der Waals surface area (Å²) in [6.07, 6.45) is -3.54. The van der Waals surface area contributed by atoms with Gasteiger partial charge in [-0.05, 0) is 49.4 Å². The molecule has 4 rings (SSSR count). The van der Waals surface area contributed by atoms with Crippen molar-refractivity contribution < 1.29 is 18.0 Å². The summed E-state index contributed by atoms with van der Waals surface area (Å²) in [5, 5.41) is 6.11. The molecule has 0 spiro atoms.